The van der Waals surface area contributed by atoms with E-state index in [1.54, 1.807) is 17.5 Å². The lowest BCUT2D eigenvalue weighted by Crippen LogP contribution is -2.99. The molecule has 0 aliphatic heterocycles. The number of amides is 1. The summed E-state index contributed by atoms with van der Waals surface area (Å²) in [7, 11) is 0. The lowest BCUT2D eigenvalue weighted by atomic mass is 10.2. The average molecular weight is 310 g/mol. The highest BCUT2D eigenvalue weighted by atomic mass is 32.1. The van der Waals surface area contributed by atoms with Crippen LogP contribution in [0, 0.1) is 5.21 Å². The molecule has 0 aliphatic rings. The van der Waals surface area contributed by atoms with E-state index in [4.69, 9.17) is 15.2 Å². The highest BCUT2D eigenvalue weighted by molar-refractivity contribution is 7.12. The number of nitrogens with one attached hydrogen (secondary N) is 2. The number of quaternary nitrogens is 1. The van der Waals surface area contributed by atoms with Gasteiger partial charge in [0.05, 0.1) is 10.4 Å². The molecule has 1 atom stereocenters. The van der Waals surface area contributed by atoms with Crippen LogP contribution in [-0.2, 0) is 0 Å². The molecule has 8 nitrogen and oxygen atoms in total. The molecule has 0 aliphatic carbocycles. The summed E-state index contributed by atoms with van der Waals surface area (Å²) < 4.78 is 0. The van der Waals surface area contributed by atoms with Crippen LogP contribution in [0.2, 0.25) is 0 Å². The number of carbonyl (C=O) groups excluding carboxylic acids is 1. The molecule has 1 aromatic carbocycles. The molecule has 1 aromatic heterocycles. The fourth-order valence-corrected chi connectivity index (χ4v) is 2.09. The van der Waals surface area contributed by atoms with Gasteiger partial charge in [-0.15, -0.1) is 11.3 Å². The number of hydrogen-bond donors (Lipinski definition) is 4. The Balaban J connectivity index is 2.16. The third-order valence-corrected chi connectivity index (χ3v) is 3.32. The van der Waals surface area contributed by atoms with Crippen LogP contribution in [0.4, 0.5) is 5.69 Å². The number of carbonyl (C=O) groups is 2. The smallest absolute Gasteiger partial charge is 0.335 e. The molecular weight excluding hydrogens is 300 g/mol. The van der Waals surface area contributed by atoms with Gasteiger partial charge in [-0.1, -0.05) is 6.07 Å². The van der Waals surface area contributed by atoms with Gasteiger partial charge in [-0.2, -0.15) is 10.7 Å². The van der Waals surface area contributed by atoms with Gasteiger partial charge in [-0.25, -0.2) is 10.0 Å². The molecule has 110 valence electrons. The molecule has 1 heterocycles. The van der Waals surface area contributed by atoms with Crippen LogP contribution < -0.4 is 15.5 Å². The molecule has 2 rings (SSSR count). The predicted molar refractivity (Wildman–Crippen MR) is 71.6 cm³/mol. The summed E-state index contributed by atoms with van der Waals surface area (Å²) >= 11 is 1.20. The van der Waals surface area contributed by atoms with E-state index in [0.29, 0.717) is 4.88 Å². The second-order valence-corrected chi connectivity index (χ2v) is 4.78. The molecule has 4 N–H and O–H groups in total. The molecule has 0 saturated carbocycles. The first-order chi connectivity index (χ1) is 9.99. The van der Waals surface area contributed by atoms with E-state index < -0.39 is 17.1 Å². The topological polar surface area (TPSA) is 123 Å². The molecule has 0 fully saturated rings. The van der Waals surface area contributed by atoms with E-state index in [-0.39, 0.29) is 17.0 Å². The second-order valence-electron chi connectivity index (χ2n) is 3.83. The van der Waals surface area contributed by atoms with Crippen LogP contribution in [0.3, 0.4) is 0 Å². The summed E-state index contributed by atoms with van der Waals surface area (Å²) in [6, 6.07) is 6.57. The molecule has 0 spiro atoms. The summed E-state index contributed by atoms with van der Waals surface area (Å²) in [6.45, 7) is 0. The fourth-order valence-electron chi connectivity index (χ4n) is 1.48. The van der Waals surface area contributed by atoms with Crippen LogP contribution >= 0.6 is 11.3 Å². The summed E-state index contributed by atoms with van der Waals surface area (Å²) in [6.07, 6.45) is 0. The quantitative estimate of drug-likeness (QED) is 0.599. The van der Waals surface area contributed by atoms with Crippen molar-refractivity contribution in [2.45, 2.75) is 0 Å². The van der Waals surface area contributed by atoms with E-state index in [9.17, 15) is 14.8 Å². The Kier molecular flexibility index (Phi) is 4.50. The van der Waals surface area contributed by atoms with Crippen molar-refractivity contribution in [2.24, 2.45) is 0 Å². The van der Waals surface area contributed by atoms with E-state index in [1.165, 1.54) is 23.5 Å². The zero-order valence-corrected chi connectivity index (χ0v) is 11.2. The van der Waals surface area contributed by atoms with Crippen molar-refractivity contribution in [3.05, 3.63) is 51.4 Å². The van der Waals surface area contributed by atoms with Gasteiger partial charge in [-0.3, -0.25) is 4.79 Å². The monoisotopic (exact) mass is 310 g/mol. The Bertz CT molecular complexity index is 656. The van der Waals surface area contributed by atoms with Crippen molar-refractivity contribution in [3.8, 4) is 5.75 Å². The first kappa shape index (κ1) is 14.9. The number of benzene rings is 1. The Morgan fingerprint density at radius 2 is 2.10 bits per heavy atom. The molecule has 9 heteroatoms. The minimum atomic E-state index is -1.36. The molecular formula is C12H10N2O6S. The van der Waals surface area contributed by atoms with Crippen molar-refractivity contribution >= 4 is 28.9 Å². The second kappa shape index (κ2) is 6.33. The summed E-state index contributed by atoms with van der Waals surface area (Å²) in [5.74, 6) is -1.94. The van der Waals surface area contributed by atoms with Crippen molar-refractivity contribution in [3.63, 3.8) is 0 Å². The minimum Gasteiger partial charge on any atom is -0.595 e. The highest BCUT2D eigenvalue weighted by Gasteiger charge is 2.16. The summed E-state index contributed by atoms with van der Waals surface area (Å²) in [5.41, 5.74) is 1.56. The van der Waals surface area contributed by atoms with E-state index in [0.717, 1.165) is 6.07 Å². The maximum absolute atomic E-state index is 11.7. The lowest BCUT2D eigenvalue weighted by molar-refractivity contribution is -0.991. The number of aromatic carboxylic acids is 1. The lowest BCUT2D eigenvalue weighted by Gasteiger charge is -2.16. The average Bonchev–Trinajstić information content (AvgIpc) is 2.98. The maximum atomic E-state index is 11.7. The van der Waals surface area contributed by atoms with E-state index in [1.807, 2.05) is 0 Å². The number of carboxylic acids is 1. The SMILES string of the molecule is O=C(O)c1ccc(ONC(=O)c2cccs2)c([NH+]([O-])O)c1. The van der Waals surface area contributed by atoms with Crippen LogP contribution in [0.15, 0.2) is 35.7 Å². The van der Waals surface area contributed by atoms with Gasteiger partial charge in [0.25, 0.3) is 5.91 Å². The van der Waals surface area contributed by atoms with Gasteiger partial charge in [0.15, 0.2) is 0 Å². The van der Waals surface area contributed by atoms with Crippen LogP contribution in [0.25, 0.3) is 0 Å². The van der Waals surface area contributed by atoms with E-state index in [2.05, 4.69) is 5.48 Å². The van der Waals surface area contributed by atoms with Crippen molar-refractivity contribution < 1.29 is 30.0 Å². The number of hydroxylamine groups is 1. The van der Waals surface area contributed by atoms with Gasteiger partial charge in [-0.05, 0) is 23.6 Å². The Hall–Kier alpha value is -2.46. The maximum Gasteiger partial charge on any atom is 0.335 e. The van der Waals surface area contributed by atoms with E-state index >= 15 is 0 Å². The number of rotatable bonds is 5. The molecule has 1 amide bonds. The van der Waals surface area contributed by atoms with Crippen molar-refractivity contribution in [2.75, 3.05) is 0 Å². The molecule has 0 bridgehead atoms. The highest BCUT2D eigenvalue weighted by Crippen LogP contribution is 2.22. The third kappa shape index (κ3) is 3.55. The minimum absolute atomic E-state index is 0.155. The Morgan fingerprint density at radius 3 is 2.67 bits per heavy atom. The van der Waals surface area contributed by atoms with Crippen LogP contribution in [0.5, 0.6) is 5.75 Å². The zero-order chi connectivity index (χ0) is 15.4. The number of hydrogen-bond acceptors (Lipinski definition) is 6. The fraction of sp³-hybridized carbons (Fsp3) is 0. The van der Waals surface area contributed by atoms with Crippen molar-refractivity contribution in [1.82, 2.24) is 5.48 Å². The molecule has 0 saturated heterocycles. The zero-order valence-electron chi connectivity index (χ0n) is 10.4. The van der Waals surface area contributed by atoms with Crippen LogP contribution in [0.1, 0.15) is 20.0 Å². The predicted octanol–water partition coefficient (Wildman–Crippen LogP) is 0.573. The molecule has 2 aromatic rings. The first-order valence-electron chi connectivity index (χ1n) is 5.60. The molecule has 21 heavy (non-hydrogen) atoms. The van der Waals surface area contributed by atoms with Gasteiger partial charge >= 0.3 is 5.97 Å². The number of carboxylic acid groups (broad SMARTS) is 1. The summed E-state index contributed by atoms with van der Waals surface area (Å²) in [4.78, 5) is 27.8. The third-order valence-electron chi connectivity index (χ3n) is 2.46. The Morgan fingerprint density at radius 1 is 1.33 bits per heavy atom. The number of thiophene rings is 1. The summed E-state index contributed by atoms with van der Waals surface area (Å²) in [5, 5.41) is 29.3. The first-order valence-corrected chi connectivity index (χ1v) is 6.48. The largest absolute Gasteiger partial charge is 0.595 e. The van der Waals surface area contributed by atoms with Gasteiger partial charge in [0.1, 0.15) is 0 Å². The Labute approximate surface area is 122 Å². The van der Waals surface area contributed by atoms with Gasteiger partial charge < -0.3 is 15.2 Å². The van der Waals surface area contributed by atoms with Gasteiger partial charge in [0, 0.05) is 6.07 Å². The van der Waals surface area contributed by atoms with Gasteiger partial charge in [0.2, 0.25) is 11.4 Å². The van der Waals surface area contributed by atoms with Crippen molar-refractivity contribution in [1.29, 1.82) is 0 Å². The van der Waals surface area contributed by atoms with Crippen LogP contribution in [-0.4, -0.2) is 22.2 Å². The molecule has 1 unspecified atom stereocenters. The normalized spacial score (nSPS) is 11.7. The molecule has 0 radical (unpaired) electrons. The standard InChI is InChI=1S/C12H10N2O6S/c15-11(10-2-1-5-21-10)13-20-9-4-3-7(12(16)17)6-8(9)14(18)19/h1-6,14,18H,(H,13,15)(H,16,17).